The summed E-state index contributed by atoms with van der Waals surface area (Å²) in [5.41, 5.74) is 0.472. The lowest BCUT2D eigenvalue weighted by Gasteiger charge is -2.23. The minimum absolute atomic E-state index is 0.214. The molecule has 2 aromatic rings. The Kier molecular flexibility index (Phi) is 7.63. The monoisotopic (exact) mass is 463 g/mol. The van der Waals surface area contributed by atoms with Gasteiger partial charge in [0.25, 0.3) is 5.91 Å². The van der Waals surface area contributed by atoms with E-state index in [2.05, 4.69) is 10.1 Å². The number of rotatable bonds is 8. The van der Waals surface area contributed by atoms with Crippen LogP contribution in [0.25, 0.3) is 0 Å². The number of benzene rings is 2. The Labute approximate surface area is 189 Å². The van der Waals surface area contributed by atoms with E-state index in [9.17, 15) is 22.8 Å². The van der Waals surface area contributed by atoms with Gasteiger partial charge in [-0.2, -0.15) is 0 Å². The van der Waals surface area contributed by atoms with Gasteiger partial charge in [0.1, 0.15) is 11.5 Å². The maximum Gasteiger partial charge on any atom is 0.573 e. The Morgan fingerprint density at radius 2 is 1.88 bits per heavy atom. The fraction of sp³-hybridized carbons (Fsp3) is 0.333. The molecule has 3 rings (SSSR count). The van der Waals surface area contributed by atoms with Crippen LogP contribution in [0.3, 0.4) is 0 Å². The summed E-state index contributed by atoms with van der Waals surface area (Å²) in [5.74, 6) is -2.02. The Morgan fingerprint density at radius 3 is 2.58 bits per heavy atom. The van der Waals surface area contributed by atoms with E-state index in [1.807, 2.05) is 6.08 Å². The molecular weight excluding hydrogens is 439 g/mol. The molecule has 0 fully saturated rings. The number of alkyl halides is 3. The summed E-state index contributed by atoms with van der Waals surface area (Å²) in [6, 6.07) is 11.7. The topological polar surface area (TPSA) is 73.9 Å². The summed E-state index contributed by atoms with van der Waals surface area (Å²) in [6.07, 6.45) is -1.01. The van der Waals surface area contributed by atoms with Crippen LogP contribution in [0.5, 0.6) is 11.5 Å². The highest BCUT2D eigenvalue weighted by atomic mass is 19.4. The van der Waals surface area contributed by atoms with Crippen molar-refractivity contribution >= 4 is 11.9 Å². The summed E-state index contributed by atoms with van der Waals surface area (Å²) in [4.78, 5) is 25.4. The highest BCUT2D eigenvalue weighted by molar-refractivity contribution is 5.97. The Morgan fingerprint density at radius 1 is 1.12 bits per heavy atom. The summed E-state index contributed by atoms with van der Waals surface area (Å²) in [6.45, 7) is 1.93. The van der Waals surface area contributed by atoms with Crippen LogP contribution < -0.4 is 14.8 Å². The summed E-state index contributed by atoms with van der Waals surface area (Å²) in [7, 11) is 1.53. The van der Waals surface area contributed by atoms with Crippen molar-refractivity contribution in [1.82, 2.24) is 5.32 Å². The van der Waals surface area contributed by atoms with Crippen molar-refractivity contribution in [2.45, 2.75) is 31.7 Å². The summed E-state index contributed by atoms with van der Waals surface area (Å²) >= 11 is 0. The second kappa shape index (κ2) is 10.4. The molecule has 1 amide bonds. The zero-order valence-electron chi connectivity index (χ0n) is 18.1. The Balaban J connectivity index is 1.75. The van der Waals surface area contributed by atoms with E-state index in [1.54, 1.807) is 37.3 Å². The standard InChI is InChI=1S/C24H24F3NO5/c1-3-32-23(30)21(15-7-6-8-18(14-15)31-2)16-11-12-17(13-16)28-22(29)19-9-4-5-10-20(19)33-24(25,26)27/h4-12,14,16-17,21H,3,13H2,1-2H3,(H,28,29). The molecule has 0 bridgehead atoms. The lowest BCUT2D eigenvalue weighted by molar-refractivity contribution is -0.274. The van der Waals surface area contributed by atoms with E-state index in [0.29, 0.717) is 17.7 Å². The fourth-order valence-corrected chi connectivity index (χ4v) is 3.82. The molecule has 0 saturated carbocycles. The molecular formula is C24H24F3NO5. The first-order chi connectivity index (χ1) is 15.7. The molecule has 6 nitrogen and oxygen atoms in total. The van der Waals surface area contributed by atoms with Gasteiger partial charge in [0.2, 0.25) is 0 Å². The van der Waals surface area contributed by atoms with Crippen LogP contribution in [0.4, 0.5) is 13.2 Å². The lowest BCUT2D eigenvalue weighted by atomic mass is 9.85. The number of hydrogen-bond acceptors (Lipinski definition) is 5. The van der Waals surface area contributed by atoms with Gasteiger partial charge in [-0.15, -0.1) is 13.2 Å². The maximum absolute atomic E-state index is 12.8. The van der Waals surface area contributed by atoms with E-state index < -0.39 is 35.9 Å². The van der Waals surface area contributed by atoms with Gasteiger partial charge in [0, 0.05) is 6.04 Å². The van der Waals surface area contributed by atoms with E-state index in [4.69, 9.17) is 9.47 Å². The number of para-hydroxylation sites is 1. The molecule has 0 aliphatic heterocycles. The minimum atomic E-state index is -4.92. The molecule has 0 aromatic heterocycles. The first-order valence-electron chi connectivity index (χ1n) is 10.4. The number of ether oxygens (including phenoxy) is 3. The number of hydrogen-bond donors (Lipinski definition) is 1. The van der Waals surface area contributed by atoms with Gasteiger partial charge in [-0.3, -0.25) is 9.59 Å². The van der Waals surface area contributed by atoms with Crippen molar-refractivity contribution in [2.75, 3.05) is 13.7 Å². The highest BCUT2D eigenvalue weighted by Crippen LogP contribution is 2.36. The van der Waals surface area contributed by atoms with E-state index in [0.717, 1.165) is 6.07 Å². The third-order valence-corrected chi connectivity index (χ3v) is 5.21. The second-order valence-corrected chi connectivity index (χ2v) is 7.41. The van der Waals surface area contributed by atoms with Crippen molar-refractivity contribution in [1.29, 1.82) is 0 Å². The first-order valence-corrected chi connectivity index (χ1v) is 10.4. The predicted octanol–water partition coefficient (Wildman–Crippen LogP) is 4.62. The molecule has 1 aliphatic rings. The number of allylic oxidation sites excluding steroid dienone is 1. The molecule has 176 valence electrons. The van der Waals surface area contributed by atoms with Gasteiger partial charge < -0.3 is 19.5 Å². The van der Waals surface area contributed by atoms with Gasteiger partial charge in [-0.1, -0.05) is 36.4 Å². The molecule has 33 heavy (non-hydrogen) atoms. The van der Waals surface area contributed by atoms with Crippen molar-refractivity contribution < 1.29 is 37.0 Å². The number of esters is 1. The minimum Gasteiger partial charge on any atom is -0.497 e. The van der Waals surface area contributed by atoms with Crippen LogP contribution in [-0.2, 0) is 9.53 Å². The van der Waals surface area contributed by atoms with E-state index in [-0.39, 0.29) is 18.1 Å². The van der Waals surface area contributed by atoms with E-state index >= 15 is 0 Å². The predicted molar refractivity (Wildman–Crippen MR) is 114 cm³/mol. The zero-order valence-corrected chi connectivity index (χ0v) is 18.1. The number of nitrogens with one attached hydrogen (secondary N) is 1. The van der Waals surface area contributed by atoms with Crippen molar-refractivity contribution in [3.05, 3.63) is 71.8 Å². The molecule has 1 N–H and O–H groups in total. The van der Waals surface area contributed by atoms with Crippen LogP contribution in [0.2, 0.25) is 0 Å². The van der Waals surface area contributed by atoms with Crippen LogP contribution >= 0.6 is 0 Å². The SMILES string of the molecule is CCOC(=O)C(c1cccc(OC)c1)C1C=CC(NC(=O)c2ccccc2OC(F)(F)F)C1. The fourth-order valence-electron chi connectivity index (χ4n) is 3.82. The zero-order chi connectivity index (χ0) is 24.0. The van der Waals surface area contributed by atoms with Crippen molar-refractivity contribution in [3.8, 4) is 11.5 Å². The van der Waals surface area contributed by atoms with Crippen LogP contribution in [-0.4, -0.2) is 38.0 Å². The largest absolute Gasteiger partial charge is 0.573 e. The highest BCUT2D eigenvalue weighted by Gasteiger charge is 2.36. The van der Waals surface area contributed by atoms with Crippen LogP contribution in [0, 0.1) is 5.92 Å². The third kappa shape index (κ3) is 6.27. The number of amides is 1. The Hall–Kier alpha value is -3.49. The summed E-state index contributed by atoms with van der Waals surface area (Å²) in [5, 5.41) is 2.70. The van der Waals surface area contributed by atoms with Gasteiger partial charge in [0.15, 0.2) is 0 Å². The van der Waals surface area contributed by atoms with Crippen molar-refractivity contribution in [2.24, 2.45) is 5.92 Å². The molecule has 0 spiro atoms. The number of methoxy groups -OCH3 is 1. The van der Waals surface area contributed by atoms with Gasteiger partial charge in [0.05, 0.1) is 25.2 Å². The van der Waals surface area contributed by atoms with E-state index in [1.165, 1.54) is 25.3 Å². The molecule has 3 unspecified atom stereocenters. The summed E-state index contributed by atoms with van der Waals surface area (Å²) < 4.78 is 52.5. The normalized spacial score (nSPS) is 18.5. The van der Waals surface area contributed by atoms with Gasteiger partial charge in [-0.05, 0) is 49.1 Å². The smallest absolute Gasteiger partial charge is 0.497 e. The quantitative estimate of drug-likeness (QED) is 0.457. The first kappa shape index (κ1) is 24.2. The lowest BCUT2D eigenvalue weighted by Crippen LogP contribution is -2.34. The van der Waals surface area contributed by atoms with Crippen LogP contribution in [0.1, 0.15) is 35.2 Å². The Bertz CT molecular complexity index is 1020. The number of carbonyl (C=O) groups is 2. The number of halogens is 3. The van der Waals surface area contributed by atoms with Gasteiger partial charge >= 0.3 is 12.3 Å². The molecule has 0 heterocycles. The van der Waals surface area contributed by atoms with Crippen LogP contribution in [0.15, 0.2) is 60.7 Å². The molecule has 1 aliphatic carbocycles. The third-order valence-electron chi connectivity index (χ3n) is 5.21. The second-order valence-electron chi connectivity index (χ2n) is 7.41. The number of carbonyl (C=O) groups excluding carboxylic acids is 2. The molecule has 0 saturated heterocycles. The molecule has 9 heteroatoms. The maximum atomic E-state index is 12.8. The van der Waals surface area contributed by atoms with Crippen molar-refractivity contribution in [3.63, 3.8) is 0 Å². The molecule has 0 radical (unpaired) electrons. The average Bonchev–Trinajstić information content (AvgIpc) is 3.21. The van der Waals surface area contributed by atoms with Gasteiger partial charge in [-0.25, -0.2) is 0 Å². The molecule has 3 atom stereocenters. The molecule has 2 aromatic carbocycles. The average molecular weight is 463 g/mol.